The fourth-order valence-electron chi connectivity index (χ4n) is 2.46. The van der Waals surface area contributed by atoms with Crippen LogP contribution >= 0.6 is 0 Å². The number of carbonyl (C=O) groups is 1. The van der Waals surface area contributed by atoms with Gasteiger partial charge in [-0.2, -0.15) is 0 Å². The van der Waals surface area contributed by atoms with E-state index >= 15 is 0 Å². The van der Waals surface area contributed by atoms with Crippen LogP contribution in [0.25, 0.3) is 10.9 Å². The van der Waals surface area contributed by atoms with Crippen LogP contribution in [-0.4, -0.2) is 27.6 Å². The maximum atomic E-state index is 12.0. The van der Waals surface area contributed by atoms with E-state index in [1.165, 1.54) is 12.1 Å². The van der Waals surface area contributed by atoms with Gasteiger partial charge in [0.2, 0.25) is 0 Å². The average molecular weight is 296 g/mol. The largest absolute Gasteiger partial charge is 0.508 e. The summed E-state index contributed by atoms with van der Waals surface area (Å²) in [5, 5.41) is 22.8. The van der Waals surface area contributed by atoms with Crippen molar-refractivity contribution in [1.29, 1.82) is 0 Å². The molecule has 1 aromatic heterocycles. The van der Waals surface area contributed by atoms with Gasteiger partial charge in [0.15, 0.2) is 0 Å². The third-order valence-corrected chi connectivity index (χ3v) is 3.58. The van der Waals surface area contributed by atoms with E-state index in [9.17, 15) is 15.0 Å². The summed E-state index contributed by atoms with van der Waals surface area (Å²) in [5.41, 5.74) is 2.35. The highest BCUT2D eigenvalue weighted by Crippen LogP contribution is 2.22. The van der Waals surface area contributed by atoms with Gasteiger partial charge in [0.05, 0.1) is 5.56 Å². The Morgan fingerprint density at radius 1 is 1.14 bits per heavy atom. The van der Waals surface area contributed by atoms with Crippen molar-refractivity contribution in [3.8, 4) is 11.5 Å². The summed E-state index contributed by atoms with van der Waals surface area (Å²) >= 11 is 0. The SMILES string of the molecule is O=C(NCCc1c[nH]c2ccccc12)c1ccc(O)cc1O. The number of aromatic hydroxyl groups is 2. The van der Waals surface area contributed by atoms with Crippen molar-refractivity contribution in [2.75, 3.05) is 6.54 Å². The van der Waals surface area contributed by atoms with Crippen molar-refractivity contribution in [1.82, 2.24) is 10.3 Å². The Morgan fingerprint density at radius 3 is 2.77 bits per heavy atom. The number of carbonyl (C=O) groups excluding carboxylic acids is 1. The Hall–Kier alpha value is -2.95. The van der Waals surface area contributed by atoms with E-state index in [-0.39, 0.29) is 23.0 Å². The highest BCUT2D eigenvalue weighted by molar-refractivity contribution is 5.97. The maximum Gasteiger partial charge on any atom is 0.255 e. The zero-order chi connectivity index (χ0) is 15.5. The maximum absolute atomic E-state index is 12.0. The number of phenols is 2. The molecule has 0 fully saturated rings. The van der Waals surface area contributed by atoms with Crippen molar-refractivity contribution in [2.45, 2.75) is 6.42 Å². The van der Waals surface area contributed by atoms with Crippen LogP contribution in [0.15, 0.2) is 48.7 Å². The molecule has 0 unspecified atom stereocenters. The predicted molar refractivity (Wildman–Crippen MR) is 84.1 cm³/mol. The molecular weight excluding hydrogens is 280 g/mol. The van der Waals surface area contributed by atoms with Gasteiger partial charge in [-0.3, -0.25) is 4.79 Å². The Balaban J connectivity index is 1.64. The van der Waals surface area contributed by atoms with Crippen molar-refractivity contribution in [2.24, 2.45) is 0 Å². The molecule has 0 spiro atoms. The lowest BCUT2D eigenvalue weighted by molar-refractivity contribution is 0.0951. The molecule has 1 amide bonds. The number of hydrogen-bond acceptors (Lipinski definition) is 3. The summed E-state index contributed by atoms with van der Waals surface area (Å²) < 4.78 is 0. The van der Waals surface area contributed by atoms with E-state index in [1.54, 1.807) is 0 Å². The summed E-state index contributed by atoms with van der Waals surface area (Å²) in [6.45, 7) is 0.459. The van der Waals surface area contributed by atoms with E-state index in [2.05, 4.69) is 10.3 Å². The molecule has 2 aromatic carbocycles. The van der Waals surface area contributed by atoms with Gasteiger partial charge in [0.1, 0.15) is 11.5 Å². The standard InChI is InChI=1S/C17H16N2O3/c20-12-5-6-14(16(21)9-12)17(22)18-8-7-11-10-19-15-4-2-1-3-13(11)15/h1-6,9-10,19-21H,7-8H2,(H,18,22). The third kappa shape index (κ3) is 2.74. The number of hydrogen-bond donors (Lipinski definition) is 4. The van der Waals surface area contributed by atoms with Gasteiger partial charge in [0.25, 0.3) is 5.91 Å². The smallest absolute Gasteiger partial charge is 0.255 e. The summed E-state index contributed by atoms with van der Waals surface area (Å²) in [5.74, 6) is -0.672. The summed E-state index contributed by atoms with van der Waals surface area (Å²) in [6, 6.07) is 11.9. The first-order valence-corrected chi connectivity index (χ1v) is 7.00. The molecule has 0 aliphatic carbocycles. The van der Waals surface area contributed by atoms with Crippen molar-refractivity contribution in [3.63, 3.8) is 0 Å². The molecule has 5 heteroatoms. The van der Waals surface area contributed by atoms with Crippen LogP contribution in [-0.2, 0) is 6.42 Å². The van der Waals surface area contributed by atoms with E-state index in [0.29, 0.717) is 13.0 Å². The minimum absolute atomic E-state index is 0.0761. The molecule has 5 nitrogen and oxygen atoms in total. The monoisotopic (exact) mass is 296 g/mol. The lowest BCUT2D eigenvalue weighted by Crippen LogP contribution is -2.25. The highest BCUT2D eigenvalue weighted by Gasteiger charge is 2.11. The second kappa shape index (κ2) is 5.81. The van der Waals surface area contributed by atoms with Crippen molar-refractivity contribution < 1.29 is 15.0 Å². The fourth-order valence-corrected chi connectivity index (χ4v) is 2.46. The van der Waals surface area contributed by atoms with Crippen LogP contribution in [0.4, 0.5) is 0 Å². The van der Waals surface area contributed by atoms with E-state index in [1.807, 2.05) is 30.5 Å². The van der Waals surface area contributed by atoms with Crippen LogP contribution in [0.1, 0.15) is 15.9 Å². The summed E-state index contributed by atoms with van der Waals surface area (Å²) in [7, 11) is 0. The number of H-pyrrole nitrogens is 1. The Morgan fingerprint density at radius 2 is 1.95 bits per heavy atom. The number of nitrogens with one attached hydrogen (secondary N) is 2. The lowest BCUT2D eigenvalue weighted by atomic mass is 10.1. The second-order valence-electron chi connectivity index (χ2n) is 5.07. The third-order valence-electron chi connectivity index (χ3n) is 3.58. The van der Waals surface area contributed by atoms with Gasteiger partial charge >= 0.3 is 0 Å². The molecule has 0 radical (unpaired) electrons. The molecule has 0 bridgehead atoms. The van der Waals surface area contributed by atoms with Crippen molar-refractivity contribution in [3.05, 3.63) is 59.8 Å². The van der Waals surface area contributed by atoms with Gasteiger partial charge in [-0.25, -0.2) is 0 Å². The fraction of sp³-hybridized carbons (Fsp3) is 0.118. The number of para-hydroxylation sites is 1. The second-order valence-corrected chi connectivity index (χ2v) is 5.07. The van der Waals surface area contributed by atoms with E-state index < -0.39 is 0 Å². The Kier molecular flexibility index (Phi) is 3.70. The molecule has 112 valence electrons. The minimum Gasteiger partial charge on any atom is -0.508 e. The first-order chi connectivity index (χ1) is 10.6. The van der Waals surface area contributed by atoms with Gasteiger partial charge in [0, 0.05) is 29.7 Å². The number of amides is 1. The minimum atomic E-state index is -0.364. The first kappa shape index (κ1) is 14.0. The molecule has 4 N–H and O–H groups in total. The topological polar surface area (TPSA) is 85.4 Å². The van der Waals surface area contributed by atoms with Gasteiger partial charge in [-0.05, 0) is 30.2 Å². The number of aromatic amines is 1. The molecule has 3 rings (SSSR count). The first-order valence-electron chi connectivity index (χ1n) is 7.00. The predicted octanol–water partition coefficient (Wildman–Crippen LogP) is 2.55. The number of aromatic nitrogens is 1. The van der Waals surface area contributed by atoms with E-state index in [4.69, 9.17) is 0 Å². The average Bonchev–Trinajstić information content (AvgIpc) is 2.90. The molecule has 0 atom stereocenters. The lowest BCUT2D eigenvalue weighted by Gasteiger charge is -2.07. The van der Waals surface area contributed by atoms with Crippen LogP contribution < -0.4 is 5.32 Å². The Labute approximate surface area is 127 Å². The van der Waals surface area contributed by atoms with Gasteiger partial charge < -0.3 is 20.5 Å². The van der Waals surface area contributed by atoms with Gasteiger partial charge in [-0.1, -0.05) is 18.2 Å². The quantitative estimate of drug-likeness (QED) is 0.597. The summed E-state index contributed by atoms with van der Waals surface area (Å²) in [4.78, 5) is 15.2. The molecular formula is C17H16N2O3. The molecule has 0 saturated heterocycles. The summed E-state index contributed by atoms with van der Waals surface area (Å²) in [6.07, 6.45) is 2.63. The normalized spacial score (nSPS) is 10.7. The number of phenolic OH excluding ortho intramolecular Hbond substituents is 2. The number of fused-ring (bicyclic) bond motifs is 1. The van der Waals surface area contributed by atoms with Gasteiger partial charge in [-0.15, -0.1) is 0 Å². The zero-order valence-corrected chi connectivity index (χ0v) is 11.8. The highest BCUT2D eigenvalue weighted by atomic mass is 16.3. The molecule has 22 heavy (non-hydrogen) atoms. The van der Waals surface area contributed by atoms with Crippen LogP contribution in [0.5, 0.6) is 11.5 Å². The molecule has 3 aromatic rings. The molecule has 0 aliphatic heterocycles. The molecule has 0 aliphatic rings. The van der Waals surface area contributed by atoms with Crippen LogP contribution in [0.2, 0.25) is 0 Å². The van der Waals surface area contributed by atoms with Crippen molar-refractivity contribution >= 4 is 16.8 Å². The number of rotatable bonds is 4. The molecule has 0 saturated carbocycles. The molecule has 1 heterocycles. The van der Waals surface area contributed by atoms with E-state index in [0.717, 1.165) is 22.5 Å². The zero-order valence-electron chi connectivity index (χ0n) is 11.8. The van der Waals surface area contributed by atoms with Crippen LogP contribution in [0.3, 0.4) is 0 Å². The van der Waals surface area contributed by atoms with Crippen LogP contribution in [0, 0.1) is 0 Å². The number of benzene rings is 2. The Bertz CT molecular complexity index is 824.